The second-order valence-electron chi connectivity index (χ2n) is 6.49. The summed E-state index contributed by atoms with van der Waals surface area (Å²) in [6, 6.07) is 0.616. The fourth-order valence-corrected chi connectivity index (χ4v) is 2.68. The number of carboxylic acids is 1. The maximum Gasteiger partial charge on any atom is 0.328 e. The van der Waals surface area contributed by atoms with Gasteiger partial charge in [0, 0.05) is 19.0 Å². The minimum absolute atomic E-state index is 0.181. The van der Waals surface area contributed by atoms with Gasteiger partial charge in [-0.2, -0.15) is 5.10 Å². The maximum atomic E-state index is 12.2. The molecule has 0 aromatic carbocycles. The normalized spacial score (nSPS) is 16.5. The monoisotopic (exact) mass is 307 g/mol. The second kappa shape index (κ2) is 7.05. The summed E-state index contributed by atoms with van der Waals surface area (Å²) in [6.45, 7) is 8.89. The highest BCUT2D eigenvalue weighted by Gasteiger charge is 2.24. The number of rotatable bonds is 7. The molecule has 6 nitrogen and oxygen atoms in total. The Balaban J connectivity index is 2.24. The minimum Gasteiger partial charge on any atom is -0.480 e. The number of hydrogen-bond donors (Lipinski definition) is 1. The highest BCUT2D eigenvalue weighted by atomic mass is 16.4. The second-order valence-corrected chi connectivity index (χ2v) is 6.49. The summed E-state index contributed by atoms with van der Waals surface area (Å²) in [6.07, 6.45) is 2.39. The lowest BCUT2D eigenvalue weighted by Gasteiger charge is -2.30. The molecule has 1 unspecified atom stereocenters. The summed E-state index contributed by atoms with van der Waals surface area (Å²) in [5.41, 5.74) is 1.33. The van der Waals surface area contributed by atoms with Gasteiger partial charge in [0.15, 0.2) is 6.04 Å². The van der Waals surface area contributed by atoms with Crippen molar-refractivity contribution < 1.29 is 9.90 Å². The Labute approximate surface area is 130 Å². The first kappa shape index (κ1) is 16.7. The van der Waals surface area contributed by atoms with Crippen molar-refractivity contribution in [3.63, 3.8) is 0 Å². The van der Waals surface area contributed by atoms with E-state index >= 15 is 0 Å². The predicted molar refractivity (Wildman–Crippen MR) is 84.1 cm³/mol. The van der Waals surface area contributed by atoms with Gasteiger partial charge >= 0.3 is 5.97 Å². The lowest BCUT2D eigenvalue weighted by molar-refractivity contribution is -0.141. The molecular weight excluding hydrogens is 282 g/mol. The zero-order valence-corrected chi connectivity index (χ0v) is 13.6. The van der Waals surface area contributed by atoms with Gasteiger partial charge in [-0.25, -0.2) is 9.48 Å². The minimum atomic E-state index is -0.999. The molecule has 2 heterocycles. The molecule has 1 atom stereocenters. The van der Waals surface area contributed by atoms with Gasteiger partial charge in [-0.05, 0) is 44.3 Å². The van der Waals surface area contributed by atoms with Crippen LogP contribution in [0.3, 0.4) is 0 Å². The standard InChI is InChI=1S/C16H25N3O3/c1-11(2)9-14(16(21)22)19-15(20)10-12(3)13(17-19)5-8-18-6-4-7-18/h10-11,14H,4-9H2,1-3H3,(H,21,22). The number of aryl methyl sites for hydroxylation is 1. The van der Waals surface area contributed by atoms with Gasteiger partial charge in [0.05, 0.1) is 5.69 Å². The van der Waals surface area contributed by atoms with E-state index in [1.807, 2.05) is 20.8 Å². The van der Waals surface area contributed by atoms with Crippen LogP contribution < -0.4 is 5.56 Å². The van der Waals surface area contributed by atoms with Crippen LogP contribution in [0.4, 0.5) is 0 Å². The molecule has 0 aliphatic carbocycles. The third-order valence-corrected chi connectivity index (χ3v) is 4.14. The van der Waals surface area contributed by atoms with E-state index in [9.17, 15) is 14.7 Å². The highest BCUT2D eigenvalue weighted by Crippen LogP contribution is 2.16. The average molecular weight is 307 g/mol. The molecule has 1 aliphatic rings. The van der Waals surface area contributed by atoms with Gasteiger partial charge in [0.1, 0.15) is 0 Å². The molecule has 0 spiro atoms. The molecule has 0 saturated carbocycles. The molecule has 0 radical (unpaired) electrons. The van der Waals surface area contributed by atoms with Gasteiger partial charge in [-0.1, -0.05) is 13.8 Å². The molecule has 1 aromatic heterocycles. The van der Waals surface area contributed by atoms with Gasteiger partial charge in [0.25, 0.3) is 5.56 Å². The number of carboxylic acid groups (broad SMARTS) is 1. The van der Waals surface area contributed by atoms with E-state index in [0.717, 1.165) is 42.0 Å². The first-order chi connectivity index (χ1) is 10.4. The van der Waals surface area contributed by atoms with Crippen LogP contribution in [0.15, 0.2) is 10.9 Å². The van der Waals surface area contributed by atoms with Crippen LogP contribution in [0.5, 0.6) is 0 Å². The first-order valence-electron chi connectivity index (χ1n) is 7.93. The van der Waals surface area contributed by atoms with Gasteiger partial charge < -0.3 is 10.0 Å². The van der Waals surface area contributed by atoms with Crippen molar-refractivity contribution in [2.24, 2.45) is 5.92 Å². The summed E-state index contributed by atoms with van der Waals surface area (Å²) >= 11 is 0. The summed E-state index contributed by atoms with van der Waals surface area (Å²) in [7, 11) is 0. The van der Waals surface area contributed by atoms with Crippen LogP contribution in [0.25, 0.3) is 0 Å². The van der Waals surface area contributed by atoms with Crippen molar-refractivity contribution in [3.05, 3.63) is 27.7 Å². The Kier molecular flexibility index (Phi) is 5.34. The van der Waals surface area contributed by atoms with E-state index in [0.29, 0.717) is 6.42 Å². The molecule has 1 saturated heterocycles. The SMILES string of the molecule is Cc1cc(=O)n(C(CC(C)C)C(=O)O)nc1CCN1CCC1. The maximum absolute atomic E-state index is 12.2. The zero-order chi connectivity index (χ0) is 16.3. The van der Waals surface area contributed by atoms with E-state index in [-0.39, 0.29) is 11.5 Å². The Hall–Kier alpha value is -1.69. The van der Waals surface area contributed by atoms with Crippen molar-refractivity contribution in [2.75, 3.05) is 19.6 Å². The number of carbonyl (C=O) groups is 1. The van der Waals surface area contributed by atoms with Gasteiger partial charge in [-0.3, -0.25) is 4.79 Å². The summed E-state index contributed by atoms with van der Waals surface area (Å²) in [5.74, 6) is -0.818. The molecule has 0 amide bonds. The largest absolute Gasteiger partial charge is 0.480 e. The molecular formula is C16H25N3O3. The van der Waals surface area contributed by atoms with E-state index in [1.165, 1.54) is 12.5 Å². The smallest absolute Gasteiger partial charge is 0.328 e. The van der Waals surface area contributed by atoms with Gasteiger partial charge in [0.2, 0.25) is 0 Å². The fourth-order valence-electron chi connectivity index (χ4n) is 2.68. The number of hydrogen-bond acceptors (Lipinski definition) is 4. The Bertz CT molecular complexity index is 591. The van der Waals surface area contributed by atoms with E-state index in [2.05, 4.69) is 10.00 Å². The number of likely N-dealkylation sites (tertiary alicyclic amines) is 1. The van der Waals surface area contributed by atoms with Crippen molar-refractivity contribution in [1.29, 1.82) is 0 Å². The van der Waals surface area contributed by atoms with Crippen molar-refractivity contribution in [2.45, 2.75) is 46.1 Å². The van der Waals surface area contributed by atoms with E-state index in [1.54, 1.807) is 0 Å². The lowest BCUT2D eigenvalue weighted by Crippen LogP contribution is -2.39. The Morgan fingerprint density at radius 3 is 2.59 bits per heavy atom. The van der Waals surface area contributed by atoms with Crippen LogP contribution in [-0.2, 0) is 11.2 Å². The topological polar surface area (TPSA) is 75.4 Å². The van der Waals surface area contributed by atoms with Gasteiger partial charge in [-0.15, -0.1) is 0 Å². The molecule has 1 aromatic rings. The number of aromatic nitrogens is 2. The Morgan fingerprint density at radius 2 is 2.09 bits per heavy atom. The van der Waals surface area contributed by atoms with Crippen LogP contribution in [0.1, 0.15) is 44.0 Å². The summed E-state index contributed by atoms with van der Waals surface area (Å²) in [5, 5.41) is 13.8. The van der Waals surface area contributed by atoms with Crippen molar-refractivity contribution in [1.82, 2.24) is 14.7 Å². The van der Waals surface area contributed by atoms with Crippen LogP contribution in [0.2, 0.25) is 0 Å². The van der Waals surface area contributed by atoms with Crippen LogP contribution in [0, 0.1) is 12.8 Å². The Morgan fingerprint density at radius 1 is 1.41 bits per heavy atom. The number of aliphatic carboxylic acids is 1. The van der Waals surface area contributed by atoms with Crippen LogP contribution in [-0.4, -0.2) is 45.4 Å². The van der Waals surface area contributed by atoms with Crippen molar-refractivity contribution in [3.8, 4) is 0 Å². The predicted octanol–water partition coefficient (Wildman–Crippen LogP) is 1.47. The molecule has 1 fully saturated rings. The molecule has 22 heavy (non-hydrogen) atoms. The molecule has 0 bridgehead atoms. The third kappa shape index (κ3) is 3.94. The van der Waals surface area contributed by atoms with E-state index < -0.39 is 12.0 Å². The fraction of sp³-hybridized carbons (Fsp3) is 0.688. The van der Waals surface area contributed by atoms with Crippen LogP contribution >= 0.6 is 0 Å². The summed E-state index contributed by atoms with van der Waals surface area (Å²) < 4.78 is 1.15. The quantitative estimate of drug-likeness (QED) is 0.825. The third-order valence-electron chi connectivity index (χ3n) is 4.14. The molecule has 2 rings (SSSR count). The summed E-state index contributed by atoms with van der Waals surface area (Å²) in [4.78, 5) is 26.0. The molecule has 6 heteroatoms. The lowest BCUT2D eigenvalue weighted by atomic mass is 10.0. The average Bonchev–Trinajstić information content (AvgIpc) is 2.36. The molecule has 1 N–H and O–H groups in total. The zero-order valence-electron chi connectivity index (χ0n) is 13.6. The highest BCUT2D eigenvalue weighted by molar-refractivity contribution is 5.71. The van der Waals surface area contributed by atoms with E-state index in [4.69, 9.17) is 0 Å². The number of nitrogens with zero attached hydrogens (tertiary/aromatic N) is 3. The molecule has 122 valence electrons. The molecule has 1 aliphatic heterocycles. The first-order valence-corrected chi connectivity index (χ1v) is 7.93. The van der Waals surface area contributed by atoms with Crippen molar-refractivity contribution >= 4 is 5.97 Å².